The Bertz CT molecular complexity index is 1140. The molecule has 0 heterocycles. The number of ether oxygens (including phenoxy) is 2. The Morgan fingerprint density at radius 1 is 0.844 bits per heavy atom. The van der Waals surface area contributed by atoms with Crippen LogP contribution < -0.4 is 9.47 Å². The topological polar surface area (TPSA) is 52.6 Å². The van der Waals surface area contributed by atoms with Gasteiger partial charge in [0.15, 0.2) is 17.3 Å². The molecular weight excluding hydrogens is 468 g/mol. The van der Waals surface area contributed by atoms with Crippen molar-refractivity contribution < 1.29 is 19.1 Å². The second-order valence-corrected chi connectivity index (χ2v) is 9.25. The summed E-state index contributed by atoms with van der Waals surface area (Å²) in [5.41, 5.74) is 2.96. The lowest BCUT2D eigenvalue weighted by atomic mass is 9.87. The van der Waals surface area contributed by atoms with E-state index in [1.165, 1.54) is 13.2 Å². The van der Waals surface area contributed by atoms with Crippen molar-refractivity contribution in [2.75, 3.05) is 7.11 Å². The van der Waals surface area contributed by atoms with Crippen LogP contribution >= 0.6 is 15.9 Å². The van der Waals surface area contributed by atoms with Crippen LogP contribution in [0.1, 0.15) is 52.6 Å². The molecule has 0 unspecified atom stereocenters. The Balaban J connectivity index is 1.73. The first-order valence-electron chi connectivity index (χ1n) is 10.2. The van der Waals surface area contributed by atoms with E-state index in [2.05, 4.69) is 36.7 Å². The molecule has 0 bridgehead atoms. The molecule has 0 N–H and O–H groups in total. The van der Waals surface area contributed by atoms with Crippen molar-refractivity contribution in [3.63, 3.8) is 0 Å². The average molecular weight is 493 g/mol. The minimum Gasteiger partial charge on any atom is -0.493 e. The first-order chi connectivity index (χ1) is 15.2. The van der Waals surface area contributed by atoms with E-state index in [0.717, 1.165) is 15.6 Å². The highest BCUT2D eigenvalue weighted by Crippen LogP contribution is 2.30. The summed E-state index contributed by atoms with van der Waals surface area (Å²) < 4.78 is 11.9. The highest BCUT2D eigenvalue weighted by atomic mass is 79.9. The summed E-state index contributed by atoms with van der Waals surface area (Å²) in [5, 5.41) is 0. The van der Waals surface area contributed by atoms with Crippen LogP contribution in [0.25, 0.3) is 6.08 Å². The number of hydrogen-bond acceptors (Lipinski definition) is 4. The third-order valence-corrected chi connectivity index (χ3v) is 5.46. The van der Waals surface area contributed by atoms with Gasteiger partial charge in [-0.05, 0) is 71.1 Å². The van der Waals surface area contributed by atoms with E-state index in [-0.39, 0.29) is 11.2 Å². The van der Waals surface area contributed by atoms with Crippen LogP contribution in [0.4, 0.5) is 0 Å². The molecule has 0 aromatic heterocycles. The van der Waals surface area contributed by atoms with E-state index in [4.69, 9.17) is 9.47 Å². The quantitative estimate of drug-likeness (QED) is 0.163. The maximum atomic E-state index is 12.6. The molecule has 32 heavy (non-hydrogen) atoms. The number of ketones is 1. The zero-order valence-corrected chi connectivity index (χ0v) is 20.1. The molecule has 164 valence electrons. The Morgan fingerprint density at radius 2 is 1.47 bits per heavy atom. The van der Waals surface area contributed by atoms with Crippen LogP contribution in [0.5, 0.6) is 11.5 Å². The number of methoxy groups -OCH3 is 1. The van der Waals surface area contributed by atoms with Crippen LogP contribution in [0.15, 0.2) is 77.3 Å². The van der Waals surface area contributed by atoms with Gasteiger partial charge >= 0.3 is 5.97 Å². The minimum absolute atomic E-state index is 0.00768. The van der Waals surface area contributed by atoms with E-state index in [1.807, 2.05) is 24.3 Å². The molecule has 0 aliphatic heterocycles. The van der Waals surface area contributed by atoms with E-state index in [1.54, 1.807) is 48.5 Å². The molecule has 0 saturated heterocycles. The van der Waals surface area contributed by atoms with Gasteiger partial charge in [0.2, 0.25) is 0 Å². The van der Waals surface area contributed by atoms with Crippen LogP contribution in [-0.2, 0) is 5.41 Å². The van der Waals surface area contributed by atoms with Crippen molar-refractivity contribution in [3.05, 3.63) is 99.5 Å². The first kappa shape index (κ1) is 23.5. The summed E-state index contributed by atoms with van der Waals surface area (Å²) in [6, 6.07) is 19.7. The Morgan fingerprint density at radius 3 is 2.06 bits per heavy atom. The van der Waals surface area contributed by atoms with Crippen LogP contribution in [0.3, 0.4) is 0 Å². The van der Waals surface area contributed by atoms with Crippen molar-refractivity contribution in [2.24, 2.45) is 0 Å². The lowest BCUT2D eigenvalue weighted by Crippen LogP contribution is -2.13. The van der Waals surface area contributed by atoms with Crippen LogP contribution in [-0.4, -0.2) is 18.9 Å². The van der Waals surface area contributed by atoms with Crippen LogP contribution in [0, 0.1) is 0 Å². The highest BCUT2D eigenvalue weighted by molar-refractivity contribution is 9.10. The molecule has 0 spiro atoms. The minimum atomic E-state index is -0.461. The summed E-state index contributed by atoms with van der Waals surface area (Å²) >= 11 is 3.36. The largest absolute Gasteiger partial charge is 0.493 e. The molecule has 3 aromatic carbocycles. The number of esters is 1. The molecule has 0 aliphatic carbocycles. The van der Waals surface area contributed by atoms with E-state index < -0.39 is 5.97 Å². The number of rotatable bonds is 6. The second-order valence-electron chi connectivity index (χ2n) is 8.33. The maximum Gasteiger partial charge on any atom is 0.343 e. The van der Waals surface area contributed by atoms with Crippen molar-refractivity contribution in [2.45, 2.75) is 26.2 Å². The summed E-state index contributed by atoms with van der Waals surface area (Å²) in [7, 11) is 1.51. The van der Waals surface area contributed by atoms with Gasteiger partial charge in [-0.2, -0.15) is 0 Å². The van der Waals surface area contributed by atoms with E-state index in [9.17, 15) is 9.59 Å². The molecule has 0 fully saturated rings. The van der Waals surface area contributed by atoms with E-state index in [0.29, 0.717) is 22.6 Å². The van der Waals surface area contributed by atoms with E-state index >= 15 is 0 Å². The highest BCUT2D eigenvalue weighted by Gasteiger charge is 2.16. The number of hydrogen-bond donors (Lipinski definition) is 0. The van der Waals surface area contributed by atoms with Gasteiger partial charge < -0.3 is 9.47 Å². The fraction of sp³-hybridized carbons (Fsp3) is 0.185. The molecule has 0 atom stereocenters. The van der Waals surface area contributed by atoms with Crippen LogP contribution in [0.2, 0.25) is 0 Å². The fourth-order valence-electron chi connectivity index (χ4n) is 3.02. The van der Waals surface area contributed by atoms with Gasteiger partial charge in [0, 0.05) is 10.0 Å². The van der Waals surface area contributed by atoms with Crippen molar-refractivity contribution >= 4 is 33.8 Å². The molecule has 5 heteroatoms. The molecule has 0 radical (unpaired) electrons. The predicted molar refractivity (Wildman–Crippen MR) is 131 cm³/mol. The zero-order chi connectivity index (χ0) is 23.3. The molecule has 0 aliphatic rings. The predicted octanol–water partition coefficient (Wildman–Crippen LogP) is 6.87. The molecule has 3 rings (SSSR count). The number of benzene rings is 3. The van der Waals surface area contributed by atoms with Gasteiger partial charge in [-0.3, -0.25) is 4.79 Å². The maximum absolute atomic E-state index is 12.6. The number of carbonyl (C=O) groups excluding carboxylic acids is 2. The van der Waals surface area contributed by atoms with Crippen molar-refractivity contribution in [1.29, 1.82) is 0 Å². The summed E-state index contributed by atoms with van der Waals surface area (Å²) in [5.74, 6) is 0.153. The van der Waals surface area contributed by atoms with Gasteiger partial charge in [0.1, 0.15) is 0 Å². The molecule has 0 saturated carbocycles. The Kier molecular flexibility index (Phi) is 7.31. The van der Waals surface area contributed by atoms with Crippen molar-refractivity contribution in [1.82, 2.24) is 0 Å². The molecular formula is C27H25BrO4. The Hall–Kier alpha value is -3.18. The smallest absolute Gasteiger partial charge is 0.343 e. The van der Waals surface area contributed by atoms with Gasteiger partial charge in [-0.25, -0.2) is 4.79 Å². The number of carbonyl (C=O) groups is 2. The third kappa shape index (κ3) is 5.95. The normalized spacial score (nSPS) is 11.4. The lowest BCUT2D eigenvalue weighted by molar-refractivity contribution is 0.0729. The SMILES string of the molecule is COc1cc(/C=C/C(=O)c2ccc(Br)cc2)ccc1OC(=O)c1ccc(C(C)(C)C)cc1. The molecule has 3 aromatic rings. The second kappa shape index (κ2) is 9.96. The summed E-state index contributed by atoms with van der Waals surface area (Å²) in [6.45, 7) is 6.36. The standard InChI is InChI=1S/C27H25BrO4/c1-27(2,3)21-11-7-20(8-12-21)26(30)32-24-16-6-18(17-25(24)31-4)5-15-23(29)19-9-13-22(28)14-10-19/h5-17H,1-4H3/b15-5+. The molecule has 0 amide bonds. The summed E-state index contributed by atoms with van der Waals surface area (Å²) in [4.78, 5) is 24.9. The third-order valence-electron chi connectivity index (χ3n) is 4.93. The van der Waals surface area contributed by atoms with Gasteiger partial charge in [-0.15, -0.1) is 0 Å². The summed E-state index contributed by atoms with van der Waals surface area (Å²) in [6.07, 6.45) is 3.20. The number of halogens is 1. The van der Waals surface area contributed by atoms with Gasteiger partial charge in [-0.1, -0.05) is 61.0 Å². The lowest BCUT2D eigenvalue weighted by Gasteiger charge is -2.19. The first-order valence-corrected chi connectivity index (χ1v) is 11.0. The average Bonchev–Trinajstić information content (AvgIpc) is 2.78. The van der Waals surface area contributed by atoms with Crippen molar-refractivity contribution in [3.8, 4) is 11.5 Å². The number of allylic oxidation sites excluding steroid dienone is 1. The zero-order valence-electron chi connectivity index (χ0n) is 18.5. The Labute approximate surface area is 197 Å². The van der Waals surface area contributed by atoms with Gasteiger partial charge in [0.25, 0.3) is 0 Å². The monoisotopic (exact) mass is 492 g/mol. The fourth-order valence-corrected chi connectivity index (χ4v) is 3.28. The van der Waals surface area contributed by atoms with Gasteiger partial charge in [0.05, 0.1) is 12.7 Å². The molecule has 4 nitrogen and oxygen atoms in total.